The Labute approximate surface area is 78.2 Å². The molecule has 0 heterocycles. The van der Waals surface area contributed by atoms with Crippen LogP contribution in [0.4, 0.5) is 0 Å². The SMILES string of the molecule is O=S(=O)(CS(=O)(=O)C1CC1)C1CC1. The van der Waals surface area contributed by atoms with Gasteiger partial charge in [0.25, 0.3) is 0 Å². The molecule has 2 fully saturated rings. The van der Waals surface area contributed by atoms with Gasteiger partial charge in [-0.2, -0.15) is 0 Å². The first kappa shape index (κ1) is 9.45. The molecule has 2 aliphatic carbocycles. The standard InChI is InChI=1S/C7H12O4S2/c8-12(9,6-1-2-6)5-13(10,11)7-3-4-7/h6-7H,1-5H2. The molecule has 0 unspecified atom stereocenters. The zero-order valence-electron chi connectivity index (χ0n) is 7.14. The zero-order valence-corrected chi connectivity index (χ0v) is 8.77. The van der Waals surface area contributed by atoms with Crippen LogP contribution in [0.5, 0.6) is 0 Å². The third-order valence-electron chi connectivity index (χ3n) is 2.39. The molecule has 0 spiro atoms. The van der Waals surface area contributed by atoms with Crippen molar-refractivity contribution in [1.82, 2.24) is 0 Å². The van der Waals surface area contributed by atoms with E-state index in [1.165, 1.54) is 0 Å². The van der Waals surface area contributed by atoms with E-state index in [0.29, 0.717) is 25.7 Å². The van der Waals surface area contributed by atoms with E-state index >= 15 is 0 Å². The van der Waals surface area contributed by atoms with E-state index < -0.39 is 24.8 Å². The molecule has 0 atom stereocenters. The van der Waals surface area contributed by atoms with E-state index in [1.807, 2.05) is 0 Å². The van der Waals surface area contributed by atoms with E-state index in [4.69, 9.17) is 0 Å². The van der Waals surface area contributed by atoms with Gasteiger partial charge in [0.15, 0.2) is 24.8 Å². The predicted octanol–water partition coefficient (Wildman–Crippen LogP) is 0.0983. The Balaban J connectivity index is 2.12. The van der Waals surface area contributed by atoms with Crippen LogP contribution in [0.3, 0.4) is 0 Å². The molecule has 0 bridgehead atoms. The lowest BCUT2D eigenvalue weighted by atomic mass is 11.0. The topological polar surface area (TPSA) is 68.3 Å². The second-order valence-electron chi connectivity index (χ2n) is 3.84. The number of sulfone groups is 2. The second kappa shape index (κ2) is 2.70. The molecule has 76 valence electrons. The maximum atomic E-state index is 11.4. The van der Waals surface area contributed by atoms with Gasteiger partial charge < -0.3 is 0 Å². The van der Waals surface area contributed by atoms with Gasteiger partial charge in [-0.1, -0.05) is 0 Å². The summed E-state index contributed by atoms with van der Waals surface area (Å²) in [6.45, 7) is 0. The summed E-state index contributed by atoms with van der Waals surface area (Å²) < 4.78 is 45.4. The first-order valence-corrected chi connectivity index (χ1v) is 7.78. The van der Waals surface area contributed by atoms with Crippen LogP contribution in [-0.4, -0.2) is 32.4 Å². The largest absolute Gasteiger partial charge is 0.227 e. The van der Waals surface area contributed by atoms with Crippen LogP contribution in [0.25, 0.3) is 0 Å². The van der Waals surface area contributed by atoms with Gasteiger partial charge in [0.05, 0.1) is 10.5 Å². The summed E-state index contributed by atoms with van der Waals surface area (Å²) in [6.07, 6.45) is 2.57. The smallest absolute Gasteiger partial charge is 0.167 e. The fourth-order valence-electron chi connectivity index (χ4n) is 1.28. The van der Waals surface area contributed by atoms with Crippen molar-refractivity contribution in [3.05, 3.63) is 0 Å². The van der Waals surface area contributed by atoms with E-state index in [9.17, 15) is 16.8 Å². The summed E-state index contributed by atoms with van der Waals surface area (Å²) in [6, 6.07) is 0. The average Bonchev–Trinajstić information content (AvgIpc) is 2.81. The highest BCUT2D eigenvalue weighted by Gasteiger charge is 2.43. The molecule has 0 radical (unpaired) electrons. The van der Waals surface area contributed by atoms with Crippen LogP contribution in [-0.2, 0) is 19.7 Å². The first-order valence-electron chi connectivity index (χ1n) is 4.35. The maximum Gasteiger partial charge on any atom is 0.167 e. The van der Waals surface area contributed by atoms with Gasteiger partial charge in [0.2, 0.25) is 0 Å². The quantitative estimate of drug-likeness (QED) is 0.679. The van der Waals surface area contributed by atoms with Crippen molar-refractivity contribution in [2.75, 3.05) is 5.08 Å². The predicted molar refractivity (Wildman–Crippen MR) is 48.8 cm³/mol. The molecule has 0 aromatic rings. The Morgan fingerprint density at radius 2 is 1.08 bits per heavy atom. The molecule has 2 saturated carbocycles. The minimum Gasteiger partial charge on any atom is -0.227 e. The van der Waals surface area contributed by atoms with E-state index in [1.54, 1.807) is 0 Å². The molecule has 0 aliphatic heterocycles. The van der Waals surface area contributed by atoms with Crippen LogP contribution in [0, 0.1) is 0 Å². The minimum atomic E-state index is -3.34. The lowest BCUT2D eigenvalue weighted by Gasteiger charge is -2.02. The molecular weight excluding hydrogens is 212 g/mol. The summed E-state index contributed by atoms with van der Waals surface area (Å²) in [4.78, 5) is 0. The van der Waals surface area contributed by atoms with Gasteiger partial charge in [-0.05, 0) is 25.7 Å². The maximum absolute atomic E-state index is 11.4. The fourth-order valence-corrected chi connectivity index (χ4v) is 6.36. The van der Waals surface area contributed by atoms with Gasteiger partial charge in [-0.15, -0.1) is 0 Å². The van der Waals surface area contributed by atoms with Crippen molar-refractivity contribution in [2.24, 2.45) is 0 Å². The van der Waals surface area contributed by atoms with Gasteiger partial charge >= 0.3 is 0 Å². The summed E-state index contributed by atoms with van der Waals surface area (Å²) in [7, 11) is -6.68. The van der Waals surface area contributed by atoms with Crippen molar-refractivity contribution in [3.8, 4) is 0 Å². The van der Waals surface area contributed by atoms with Crippen molar-refractivity contribution in [1.29, 1.82) is 0 Å². The highest BCUT2D eigenvalue weighted by atomic mass is 32.3. The lowest BCUT2D eigenvalue weighted by molar-refractivity contribution is 0.587. The van der Waals surface area contributed by atoms with Gasteiger partial charge in [0, 0.05) is 0 Å². The van der Waals surface area contributed by atoms with Crippen LogP contribution in [0.15, 0.2) is 0 Å². The normalized spacial score (nSPS) is 24.6. The number of hydrogen-bond donors (Lipinski definition) is 0. The van der Waals surface area contributed by atoms with Crippen LogP contribution in [0.2, 0.25) is 0 Å². The third kappa shape index (κ3) is 2.04. The Kier molecular flexibility index (Phi) is 1.96. The molecule has 0 N–H and O–H groups in total. The summed E-state index contributed by atoms with van der Waals surface area (Å²) in [5.41, 5.74) is 0. The molecule has 0 amide bonds. The monoisotopic (exact) mass is 224 g/mol. The van der Waals surface area contributed by atoms with Crippen molar-refractivity contribution >= 4 is 19.7 Å². The molecule has 0 aromatic heterocycles. The van der Waals surface area contributed by atoms with Gasteiger partial charge in [-0.3, -0.25) is 0 Å². The second-order valence-corrected chi connectivity index (χ2v) is 8.77. The van der Waals surface area contributed by atoms with Gasteiger partial charge in [-0.25, -0.2) is 16.8 Å². The number of hydrogen-bond acceptors (Lipinski definition) is 4. The summed E-state index contributed by atoms with van der Waals surface area (Å²) in [5, 5.41) is -1.34. The van der Waals surface area contributed by atoms with Crippen LogP contribution in [0.1, 0.15) is 25.7 Å². The molecule has 2 aliphatic rings. The van der Waals surface area contributed by atoms with Crippen LogP contribution < -0.4 is 0 Å². The van der Waals surface area contributed by atoms with Crippen molar-refractivity contribution in [3.63, 3.8) is 0 Å². The Morgan fingerprint density at radius 1 is 0.769 bits per heavy atom. The lowest BCUT2D eigenvalue weighted by Crippen LogP contribution is -2.22. The Bertz CT molecular complexity index is 358. The van der Waals surface area contributed by atoms with Crippen LogP contribution >= 0.6 is 0 Å². The van der Waals surface area contributed by atoms with Crippen molar-refractivity contribution in [2.45, 2.75) is 36.2 Å². The molecule has 0 aromatic carbocycles. The highest BCUT2D eigenvalue weighted by molar-refractivity contribution is 8.08. The van der Waals surface area contributed by atoms with E-state index in [-0.39, 0.29) is 10.5 Å². The molecular formula is C7H12O4S2. The van der Waals surface area contributed by atoms with Gasteiger partial charge in [0.1, 0.15) is 0 Å². The summed E-state index contributed by atoms with van der Waals surface area (Å²) in [5.74, 6) is 0. The average molecular weight is 224 g/mol. The summed E-state index contributed by atoms with van der Waals surface area (Å²) >= 11 is 0. The third-order valence-corrected chi connectivity index (χ3v) is 8.00. The zero-order chi connectivity index (χ0) is 9.69. The van der Waals surface area contributed by atoms with Crippen molar-refractivity contribution < 1.29 is 16.8 Å². The molecule has 6 heteroatoms. The highest BCUT2D eigenvalue weighted by Crippen LogP contribution is 2.34. The molecule has 0 saturated heterocycles. The molecule has 13 heavy (non-hydrogen) atoms. The molecule has 2 rings (SSSR count). The van der Waals surface area contributed by atoms with E-state index in [0.717, 1.165) is 0 Å². The number of rotatable bonds is 4. The van der Waals surface area contributed by atoms with E-state index in [2.05, 4.69) is 0 Å². The minimum absolute atomic E-state index is 0.360. The first-order chi connectivity index (χ1) is 5.92. The fraction of sp³-hybridized carbons (Fsp3) is 1.00. The Hall–Kier alpha value is -0.100. The molecule has 4 nitrogen and oxygen atoms in total. The Morgan fingerprint density at radius 3 is 1.31 bits per heavy atom.